The van der Waals surface area contributed by atoms with Gasteiger partial charge in [0.1, 0.15) is 5.75 Å². The number of amides is 2. The van der Waals surface area contributed by atoms with Crippen LogP contribution in [-0.4, -0.2) is 23.5 Å². The number of ether oxygens (including phenoxy) is 1. The maximum atomic E-state index is 13.1. The molecule has 2 amide bonds. The molecule has 0 atom stereocenters. The summed E-state index contributed by atoms with van der Waals surface area (Å²) in [6.07, 6.45) is 0. The number of rotatable bonds is 4. The third-order valence-corrected chi connectivity index (χ3v) is 6.72. The Kier molecular flexibility index (Phi) is 4.67. The molecular weight excluding hydrogens is 448 g/mol. The van der Waals surface area contributed by atoms with Crippen molar-refractivity contribution in [3.8, 4) is 16.9 Å². The van der Waals surface area contributed by atoms with Crippen LogP contribution in [0.25, 0.3) is 32.9 Å². The van der Waals surface area contributed by atoms with Gasteiger partial charge < -0.3 is 9.30 Å². The second-order valence-electron chi connectivity index (χ2n) is 8.29. The summed E-state index contributed by atoms with van der Waals surface area (Å²) in [5, 5.41) is 4.61. The van der Waals surface area contributed by atoms with E-state index in [0.29, 0.717) is 39.6 Å². The van der Waals surface area contributed by atoms with Crippen LogP contribution in [0.3, 0.4) is 0 Å². The van der Waals surface area contributed by atoms with Crippen LogP contribution in [0.5, 0.6) is 5.75 Å². The molecule has 0 unspecified atom stereocenters. The first-order valence-electron chi connectivity index (χ1n) is 10.9. The van der Waals surface area contributed by atoms with Crippen molar-refractivity contribution in [3.05, 3.63) is 101 Å². The summed E-state index contributed by atoms with van der Waals surface area (Å²) < 4.78 is 7.66. The van der Waals surface area contributed by atoms with Gasteiger partial charge in [0, 0.05) is 33.4 Å². The van der Waals surface area contributed by atoms with Crippen molar-refractivity contribution in [2.45, 2.75) is 6.54 Å². The van der Waals surface area contributed by atoms with Crippen LogP contribution in [0.15, 0.2) is 78.9 Å². The summed E-state index contributed by atoms with van der Waals surface area (Å²) in [5.74, 6) is -0.135. The summed E-state index contributed by atoms with van der Waals surface area (Å²) in [4.78, 5) is 26.1. The van der Waals surface area contributed by atoms with Crippen molar-refractivity contribution < 1.29 is 14.3 Å². The van der Waals surface area contributed by atoms with Gasteiger partial charge in [0.15, 0.2) is 0 Å². The molecule has 6 rings (SSSR count). The Hall–Kier alpha value is -4.09. The van der Waals surface area contributed by atoms with E-state index in [9.17, 15) is 9.59 Å². The summed E-state index contributed by atoms with van der Waals surface area (Å²) >= 11 is 6.54. The van der Waals surface area contributed by atoms with Crippen LogP contribution in [0, 0.1) is 0 Å². The second kappa shape index (κ2) is 7.75. The molecule has 0 saturated carbocycles. The van der Waals surface area contributed by atoms with E-state index >= 15 is 0 Å². The Morgan fingerprint density at radius 2 is 1.56 bits per heavy atom. The molecule has 0 bridgehead atoms. The van der Waals surface area contributed by atoms with E-state index < -0.39 is 11.8 Å². The quantitative estimate of drug-likeness (QED) is 0.328. The van der Waals surface area contributed by atoms with Gasteiger partial charge in [-0.25, -0.2) is 0 Å². The molecule has 0 fully saturated rings. The van der Waals surface area contributed by atoms with Crippen LogP contribution < -0.4 is 10.1 Å². The van der Waals surface area contributed by atoms with Crippen molar-refractivity contribution in [1.82, 2.24) is 9.88 Å². The van der Waals surface area contributed by atoms with Gasteiger partial charge in [0.2, 0.25) is 0 Å². The van der Waals surface area contributed by atoms with Gasteiger partial charge in [0.25, 0.3) is 11.8 Å². The molecule has 5 aromatic rings. The van der Waals surface area contributed by atoms with E-state index in [-0.39, 0.29) is 0 Å². The predicted molar refractivity (Wildman–Crippen MR) is 134 cm³/mol. The largest absolute Gasteiger partial charge is 0.497 e. The fourth-order valence-corrected chi connectivity index (χ4v) is 5.12. The fourth-order valence-electron chi connectivity index (χ4n) is 4.88. The summed E-state index contributed by atoms with van der Waals surface area (Å²) in [7, 11) is 1.61. The first-order chi connectivity index (χ1) is 16.6. The molecule has 1 N–H and O–H groups in total. The van der Waals surface area contributed by atoms with E-state index in [2.05, 4.69) is 22.0 Å². The van der Waals surface area contributed by atoms with E-state index in [1.807, 2.05) is 60.7 Å². The molecule has 5 nitrogen and oxygen atoms in total. The highest BCUT2D eigenvalue weighted by molar-refractivity contribution is 6.36. The molecule has 0 saturated heterocycles. The number of carbonyl (C=O) groups excluding carboxylic acids is 2. The average Bonchev–Trinajstić information content (AvgIpc) is 3.32. The fraction of sp³-hybridized carbons (Fsp3) is 0.0714. The van der Waals surface area contributed by atoms with E-state index in [1.54, 1.807) is 13.2 Å². The standard InChI is InChI=1S/C28H19ClN2O3/c1-34-17-11-12-22-20(13-17)24-23(31(22)15-16-7-3-2-4-8-16)14-19(18-9-5-6-10-21(18)29)25-26(24)28(33)30-27(25)32/h2-14H,15H2,1H3,(H,30,32,33). The molecule has 0 radical (unpaired) electrons. The number of nitrogens with one attached hydrogen (secondary N) is 1. The van der Waals surface area contributed by atoms with E-state index in [1.165, 1.54) is 0 Å². The Balaban J connectivity index is 1.78. The van der Waals surface area contributed by atoms with Crippen molar-refractivity contribution in [1.29, 1.82) is 0 Å². The Bertz CT molecular complexity index is 1640. The maximum Gasteiger partial charge on any atom is 0.259 e. The smallest absolute Gasteiger partial charge is 0.259 e. The van der Waals surface area contributed by atoms with Crippen molar-refractivity contribution in [2.24, 2.45) is 0 Å². The van der Waals surface area contributed by atoms with Crippen LogP contribution in [-0.2, 0) is 6.54 Å². The first-order valence-corrected chi connectivity index (χ1v) is 11.3. The number of imide groups is 1. The zero-order chi connectivity index (χ0) is 23.4. The van der Waals surface area contributed by atoms with Crippen LogP contribution in [0.1, 0.15) is 26.3 Å². The third-order valence-electron chi connectivity index (χ3n) is 6.39. The normalized spacial score (nSPS) is 12.9. The second-order valence-corrected chi connectivity index (χ2v) is 8.69. The molecule has 0 aliphatic carbocycles. The number of fused-ring (bicyclic) bond motifs is 5. The van der Waals surface area contributed by atoms with Crippen molar-refractivity contribution in [3.63, 3.8) is 0 Å². The summed E-state index contributed by atoms with van der Waals surface area (Å²) in [6, 6.07) is 25.3. The molecule has 0 spiro atoms. The number of hydrogen-bond acceptors (Lipinski definition) is 3. The van der Waals surface area contributed by atoms with Crippen molar-refractivity contribution >= 4 is 45.2 Å². The highest BCUT2D eigenvalue weighted by atomic mass is 35.5. The number of aromatic nitrogens is 1. The minimum Gasteiger partial charge on any atom is -0.497 e. The lowest BCUT2D eigenvalue weighted by Crippen LogP contribution is -2.20. The number of hydrogen-bond donors (Lipinski definition) is 1. The van der Waals surface area contributed by atoms with Gasteiger partial charge in [-0.15, -0.1) is 0 Å². The maximum absolute atomic E-state index is 13.1. The van der Waals surface area contributed by atoms with Gasteiger partial charge in [-0.05, 0) is 41.5 Å². The highest BCUT2D eigenvalue weighted by Gasteiger charge is 2.35. The lowest BCUT2D eigenvalue weighted by Gasteiger charge is -2.12. The predicted octanol–water partition coefficient (Wildman–Crippen LogP) is 6.06. The Labute approximate surface area is 200 Å². The average molecular weight is 467 g/mol. The van der Waals surface area contributed by atoms with E-state index in [4.69, 9.17) is 16.3 Å². The zero-order valence-corrected chi connectivity index (χ0v) is 19.0. The molecule has 166 valence electrons. The lowest BCUT2D eigenvalue weighted by atomic mass is 9.93. The first kappa shape index (κ1) is 20.5. The summed E-state index contributed by atoms with van der Waals surface area (Å²) in [5.41, 5.74) is 5.00. The number of methoxy groups -OCH3 is 1. The van der Waals surface area contributed by atoms with Crippen LogP contribution in [0.2, 0.25) is 5.02 Å². The number of nitrogens with zero attached hydrogens (tertiary/aromatic N) is 1. The van der Waals surface area contributed by atoms with Crippen LogP contribution in [0.4, 0.5) is 0 Å². The molecule has 34 heavy (non-hydrogen) atoms. The van der Waals surface area contributed by atoms with Gasteiger partial charge in [-0.1, -0.05) is 60.1 Å². The molecule has 1 aliphatic heterocycles. The van der Waals surface area contributed by atoms with E-state index in [0.717, 1.165) is 27.4 Å². The SMILES string of the molecule is COc1ccc2c(c1)c1c3c(c(-c4ccccc4Cl)cc1n2Cc1ccccc1)C(=O)NC3=O. The molecule has 6 heteroatoms. The highest BCUT2D eigenvalue weighted by Crippen LogP contribution is 2.42. The van der Waals surface area contributed by atoms with Crippen LogP contribution >= 0.6 is 11.6 Å². The van der Waals surface area contributed by atoms with Crippen molar-refractivity contribution in [2.75, 3.05) is 7.11 Å². The Morgan fingerprint density at radius 3 is 2.32 bits per heavy atom. The molecular formula is C28H19ClN2O3. The summed E-state index contributed by atoms with van der Waals surface area (Å²) in [6.45, 7) is 0.601. The Morgan fingerprint density at radius 1 is 0.824 bits per heavy atom. The molecule has 1 aliphatic rings. The number of carbonyl (C=O) groups is 2. The third kappa shape index (κ3) is 3.01. The minimum atomic E-state index is -0.413. The monoisotopic (exact) mass is 466 g/mol. The van der Waals surface area contributed by atoms with Gasteiger partial charge in [-0.2, -0.15) is 0 Å². The molecule has 1 aromatic heterocycles. The lowest BCUT2D eigenvalue weighted by molar-refractivity contribution is 0.0880. The molecule has 4 aromatic carbocycles. The number of benzene rings is 4. The van der Waals surface area contributed by atoms with Gasteiger partial charge >= 0.3 is 0 Å². The van der Waals surface area contributed by atoms with Gasteiger partial charge in [-0.3, -0.25) is 14.9 Å². The topological polar surface area (TPSA) is 60.3 Å². The zero-order valence-electron chi connectivity index (χ0n) is 18.3. The minimum absolute atomic E-state index is 0.354. The molecule has 2 heterocycles. The number of halogens is 1. The van der Waals surface area contributed by atoms with Gasteiger partial charge in [0.05, 0.1) is 23.8 Å².